The van der Waals surface area contributed by atoms with E-state index < -0.39 is 30.7 Å². The number of aliphatic hydroxyl groups is 1. The first kappa shape index (κ1) is 26.7. The summed E-state index contributed by atoms with van der Waals surface area (Å²) in [6.07, 6.45) is -4.60. The van der Waals surface area contributed by atoms with E-state index in [1.165, 1.54) is 23.9 Å². The Morgan fingerprint density at radius 1 is 1.12 bits per heavy atom. The van der Waals surface area contributed by atoms with Crippen LogP contribution in [0.3, 0.4) is 0 Å². The fraction of sp³-hybridized carbons (Fsp3) is 0.417. The van der Waals surface area contributed by atoms with Gasteiger partial charge in [-0.25, -0.2) is 0 Å². The van der Waals surface area contributed by atoms with Crippen LogP contribution in [0.4, 0.5) is 13.2 Å². The highest BCUT2D eigenvalue weighted by Crippen LogP contribution is 2.40. The number of nitriles is 1. The number of hydrogen-bond acceptors (Lipinski definition) is 5. The number of nitrogens with zero attached hydrogens (tertiary/aromatic N) is 2. The molecular weight excluding hydrogens is 451 g/mol. The summed E-state index contributed by atoms with van der Waals surface area (Å²) in [5.41, 5.74) is 6.95. The van der Waals surface area contributed by atoms with Gasteiger partial charge in [0.05, 0.1) is 25.3 Å². The second-order valence-corrected chi connectivity index (χ2v) is 9.21. The largest absolute Gasteiger partial charge is 0.408 e. The number of primary amides is 1. The van der Waals surface area contributed by atoms with Crippen LogP contribution >= 0.6 is 11.8 Å². The summed E-state index contributed by atoms with van der Waals surface area (Å²) in [4.78, 5) is 13.9. The number of halogens is 3. The lowest BCUT2D eigenvalue weighted by molar-refractivity contribution is -0.192. The molecule has 2 rings (SSSR count). The highest BCUT2D eigenvalue weighted by atomic mass is 32.2. The monoisotopic (exact) mass is 479 g/mol. The molecule has 0 radical (unpaired) electrons. The van der Waals surface area contributed by atoms with E-state index in [1.54, 1.807) is 32.0 Å². The van der Waals surface area contributed by atoms with Gasteiger partial charge in [-0.05, 0) is 41.2 Å². The van der Waals surface area contributed by atoms with Crippen molar-refractivity contribution in [3.8, 4) is 17.2 Å². The van der Waals surface area contributed by atoms with Gasteiger partial charge < -0.3 is 10.8 Å². The second kappa shape index (κ2) is 12.1. The van der Waals surface area contributed by atoms with Gasteiger partial charge in [-0.15, -0.1) is 11.8 Å². The number of hydrogen-bond donors (Lipinski definition) is 2. The molecule has 3 N–H and O–H groups in total. The van der Waals surface area contributed by atoms with Crippen LogP contribution in [0.2, 0.25) is 0 Å². The molecule has 178 valence electrons. The SMILES string of the molecule is CC(C)C[C@@H](C(N)=O)N(CC#N)[C@@H](c1ccc(-c2ccc(SCCO)cc2)cc1)C(F)(F)F. The van der Waals surface area contributed by atoms with Crippen molar-refractivity contribution in [2.45, 2.75) is 43.4 Å². The topological polar surface area (TPSA) is 90.4 Å². The van der Waals surface area contributed by atoms with Gasteiger partial charge in [0.25, 0.3) is 0 Å². The second-order valence-electron chi connectivity index (χ2n) is 8.04. The molecule has 0 heterocycles. The van der Waals surface area contributed by atoms with Gasteiger partial charge in [0.1, 0.15) is 6.04 Å². The predicted molar refractivity (Wildman–Crippen MR) is 123 cm³/mol. The molecular formula is C24H28F3N3O2S. The van der Waals surface area contributed by atoms with E-state index in [9.17, 15) is 23.2 Å². The lowest BCUT2D eigenvalue weighted by atomic mass is 9.95. The minimum Gasteiger partial charge on any atom is -0.396 e. The third-order valence-electron chi connectivity index (χ3n) is 5.09. The molecule has 0 spiro atoms. The minimum atomic E-state index is -4.71. The number of thioether (sulfide) groups is 1. The maximum absolute atomic E-state index is 14.2. The highest BCUT2D eigenvalue weighted by Gasteiger charge is 2.47. The average molecular weight is 480 g/mol. The lowest BCUT2D eigenvalue weighted by Gasteiger charge is -2.37. The van der Waals surface area contributed by atoms with Gasteiger partial charge in [-0.1, -0.05) is 50.2 Å². The number of carbonyl (C=O) groups is 1. The Morgan fingerprint density at radius 3 is 2.09 bits per heavy atom. The molecule has 1 amide bonds. The van der Waals surface area contributed by atoms with E-state index in [2.05, 4.69) is 0 Å². The Morgan fingerprint density at radius 2 is 1.67 bits per heavy atom. The van der Waals surface area contributed by atoms with Gasteiger partial charge >= 0.3 is 6.18 Å². The molecule has 0 aliphatic carbocycles. The zero-order valence-corrected chi connectivity index (χ0v) is 19.4. The summed E-state index contributed by atoms with van der Waals surface area (Å²) < 4.78 is 42.6. The number of amides is 1. The molecule has 5 nitrogen and oxygen atoms in total. The van der Waals surface area contributed by atoms with Crippen molar-refractivity contribution in [1.29, 1.82) is 5.26 Å². The number of aliphatic hydroxyl groups excluding tert-OH is 1. The average Bonchev–Trinajstić information content (AvgIpc) is 2.75. The third kappa shape index (κ3) is 7.49. The van der Waals surface area contributed by atoms with E-state index in [1.807, 2.05) is 24.3 Å². The molecule has 0 bridgehead atoms. The van der Waals surface area contributed by atoms with E-state index in [0.29, 0.717) is 5.75 Å². The zero-order chi connectivity index (χ0) is 24.6. The Labute approximate surface area is 196 Å². The first-order chi connectivity index (χ1) is 15.6. The highest BCUT2D eigenvalue weighted by molar-refractivity contribution is 7.99. The van der Waals surface area contributed by atoms with Crippen LogP contribution in [-0.2, 0) is 4.79 Å². The van der Waals surface area contributed by atoms with Gasteiger partial charge in [0.2, 0.25) is 5.91 Å². The molecule has 0 saturated heterocycles. The van der Waals surface area contributed by atoms with Gasteiger partial charge in [-0.3, -0.25) is 9.69 Å². The van der Waals surface area contributed by atoms with Gasteiger partial charge in [-0.2, -0.15) is 18.4 Å². The molecule has 2 aromatic rings. The Balaban J connectivity index is 2.39. The van der Waals surface area contributed by atoms with Crippen molar-refractivity contribution >= 4 is 17.7 Å². The van der Waals surface area contributed by atoms with Crippen LogP contribution in [-0.4, -0.2) is 47.0 Å². The molecule has 2 aromatic carbocycles. The first-order valence-corrected chi connectivity index (χ1v) is 11.5. The van der Waals surface area contributed by atoms with Crippen molar-refractivity contribution in [3.63, 3.8) is 0 Å². The zero-order valence-electron chi connectivity index (χ0n) is 18.5. The van der Waals surface area contributed by atoms with Crippen molar-refractivity contribution in [2.75, 3.05) is 18.9 Å². The van der Waals surface area contributed by atoms with Gasteiger partial charge in [0, 0.05) is 10.6 Å². The van der Waals surface area contributed by atoms with Crippen LogP contribution in [0.5, 0.6) is 0 Å². The van der Waals surface area contributed by atoms with Gasteiger partial charge in [0.15, 0.2) is 0 Å². The van der Waals surface area contributed by atoms with E-state index in [0.717, 1.165) is 20.9 Å². The number of carbonyl (C=O) groups excluding carboxylic acids is 1. The van der Waals surface area contributed by atoms with Crippen LogP contribution in [0.1, 0.15) is 31.9 Å². The molecule has 33 heavy (non-hydrogen) atoms. The maximum Gasteiger partial charge on any atom is 0.408 e. The normalized spacial score (nSPS) is 13.7. The quantitative estimate of drug-likeness (QED) is 0.358. The van der Waals surface area contributed by atoms with E-state index in [4.69, 9.17) is 10.8 Å². The predicted octanol–water partition coefficient (Wildman–Crippen LogP) is 4.77. The Hall–Kier alpha value is -2.54. The molecule has 0 aromatic heterocycles. The summed E-state index contributed by atoms with van der Waals surface area (Å²) in [5.74, 6) is -0.391. The summed E-state index contributed by atoms with van der Waals surface area (Å²) in [5, 5.41) is 18.1. The fourth-order valence-corrected chi connectivity index (χ4v) is 4.31. The lowest BCUT2D eigenvalue weighted by Crippen LogP contribution is -2.51. The Kier molecular flexibility index (Phi) is 9.77. The van der Waals surface area contributed by atoms with E-state index in [-0.39, 0.29) is 24.5 Å². The molecule has 0 unspecified atom stereocenters. The molecule has 0 aliphatic heterocycles. The maximum atomic E-state index is 14.2. The fourth-order valence-electron chi connectivity index (χ4n) is 3.66. The van der Waals surface area contributed by atoms with Crippen molar-refractivity contribution < 1.29 is 23.1 Å². The smallest absolute Gasteiger partial charge is 0.396 e. The summed E-state index contributed by atoms with van der Waals surface area (Å²) >= 11 is 1.51. The molecule has 2 atom stereocenters. The minimum absolute atomic E-state index is 0.0633. The molecule has 0 fully saturated rings. The van der Waals surface area contributed by atoms with Crippen molar-refractivity contribution in [3.05, 3.63) is 54.1 Å². The van der Waals surface area contributed by atoms with Crippen LogP contribution in [0.15, 0.2) is 53.4 Å². The standard InChI is InChI=1S/C24H28F3N3O2S/c1-16(2)15-21(23(29)32)30(12-11-28)22(24(25,26)27)19-5-3-17(4-6-19)18-7-9-20(10-8-18)33-14-13-31/h3-10,16,21-22,31H,12-15H2,1-2H3,(H2,29,32)/t21-,22-/m0/s1. The molecule has 0 saturated carbocycles. The van der Waals surface area contributed by atoms with Crippen molar-refractivity contribution in [2.24, 2.45) is 11.7 Å². The molecule has 9 heteroatoms. The summed E-state index contributed by atoms with van der Waals surface area (Å²) in [6, 6.07) is 11.8. The third-order valence-corrected chi connectivity index (χ3v) is 6.08. The van der Waals surface area contributed by atoms with Crippen molar-refractivity contribution in [1.82, 2.24) is 4.90 Å². The first-order valence-electron chi connectivity index (χ1n) is 10.5. The number of rotatable bonds is 11. The van der Waals surface area contributed by atoms with Crippen LogP contribution in [0, 0.1) is 17.2 Å². The summed E-state index contributed by atoms with van der Waals surface area (Å²) in [6.45, 7) is 3.06. The molecule has 0 aliphatic rings. The summed E-state index contributed by atoms with van der Waals surface area (Å²) in [7, 11) is 0. The van der Waals surface area contributed by atoms with E-state index >= 15 is 0 Å². The van der Waals surface area contributed by atoms with Crippen LogP contribution < -0.4 is 5.73 Å². The Bertz CT molecular complexity index is 941. The number of nitrogens with two attached hydrogens (primary N) is 1. The number of benzene rings is 2. The van der Waals surface area contributed by atoms with Crippen LogP contribution in [0.25, 0.3) is 11.1 Å². The number of alkyl halides is 3.